The number of piperidine rings is 1. The lowest BCUT2D eigenvalue weighted by Gasteiger charge is -2.38. The number of carbonyl (C=O) groups is 2. The number of hydrogen-bond donors (Lipinski definition) is 2. The lowest BCUT2D eigenvalue weighted by Crippen LogP contribution is -2.55. The number of H-pyrrole nitrogens is 1. The number of amides is 2. The molecule has 4 heterocycles. The van der Waals surface area contributed by atoms with E-state index in [1.807, 2.05) is 4.90 Å². The standard InChI is InChI=1S/C17H25N5O3.ClH/c23-16(21-7-9-25-10-8-21)14-3-1-2-6-22(14)17(24)15-12-11-18-5-4-13(12)19-20-15;/h14,18H,1-11H2,(H,19,20);1H. The first-order valence-corrected chi connectivity index (χ1v) is 9.20. The predicted octanol–water partition coefficient (Wildman–Crippen LogP) is 0.331. The summed E-state index contributed by atoms with van der Waals surface area (Å²) in [4.78, 5) is 29.7. The van der Waals surface area contributed by atoms with Crippen LogP contribution in [0.5, 0.6) is 0 Å². The highest BCUT2D eigenvalue weighted by Crippen LogP contribution is 2.24. The summed E-state index contributed by atoms with van der Waals surface area (Å²) in [5.41, 5.74) is 2.47. The van der Waals surface area contributed by atoms with Crippen molar-refractivity contribution in [2.45, 2.75) is 38.3 Å². The molecule has 0 aliphatic carbocycles. The maximum atomic E-state index is 13.2. The molecule has 0 saturated carbocycles. The summed E-state index contributed by atoms with van der Waals surface area (Å²) in [6, 6.07) is -0.372. The molecule has 4 rings (SSSR count). The van der Waals surface area contributed by atoms with Crippen molar-refractivity contribution in [3.8, 4) is 0 Å². The number of carbonyl (C=O) groups excluding carboxylic acids is 2. The van der Waals surface area contributed by atoms with Gasteiger partial charge in [-0.1, -0.05) is 0 Å². The van der Waals surface area contributed by atoms with E-state index in [1.165, 1.54) is 0 Å². The van der Waals surface area contributed by atoms with Crippen LogP contribution >= 0.6 is 12.4 Å². The topological polar surface area (TPSA) is 90.6 Å². The van der Waals surface area contributed by atoms with Gasteiger partial charge in [-0.25, -0.2) is 0 Å². The van der Waals surface area contributed by atoms with Gasteiger partial charge in [-0.15, -0.1) is 12.4 Å². The molecule has 26 heavy (non-hydrogen) atoms. The Labute approximate surface area is 159 Å². The number of hydrogen-bond acceptors (Lipinski definition) is 5. The zero-order valence-electron chi connectivity index (χ0n) is 14.8. The van der Waals surface area contributed by atoms with Crippen LogP contribution in [0.1, 0.15) is 41.0 Å². The molecule has 1 unspecified atom stereocenters. The van der Waals surface area contributed by atoms with Crippen molar-refractivity contribution in [3.63, 3.8) is 0 Å². The minimum absolute atomic E-state index is 0. The molecule has 9 heteroatoms. The van der Waals surface area contributed by atoms with Crippen LogP contribution in [-0.4, -0.2) is 77.2 Å². The summed E-state index contributed by atoms with van der Waals surface area (Å²) < 4.78 is 5.34. The van der Waals surface area contributed by atoms with E-state index < -0.39 is 0 Å². The van der Waals surface area contributed by atoms with Gasteiger partial charge in [0.1, 0.15) is 6.04 Å². The Kier molecular flexibility index (Phi) is 6.16. The van der Waals surface area contributed by atoms with E-state index in [2.05, 4.69) is 15.5 Å². The number of nitrogens with zero attached hydrogens (tertiary/aromatic N) is 3. The molecular weight excluding hydrogens is 358 g/mol. The molecule has 0 aromatic carbocycles. The Bertz CT molecular complexity index is 659. The summed E-state index contributed by atoms with van der Waals surface area (Å²) in [5.74, 6) is -0.0635. The summed E-state index contributed by atoms with van der Waals surface area (Å²) in [6.07, 6.45) is 3.49. The van der Waals surface area contributed by atoms with Gasteiger partial charge in [0.05, 0.1) is 13.2 Å². The smallest absolute Gasteiger partial charge is 0.275 e. The highest BCUT2D eigenvalue weighted by Gasteiger charge is 2.37. The lowest BCUT2D eigenvalue weighted by molar-refractivity contribution is -0.141. The van der Waals surface area contributed by atoms with Crippen LogP contribution in [0.25, 0.3) is 0 Å². The Morgan fingerprint density at radius 1 is 1.15 bits per heavy atom. The number of halogens is 1. The van der Waals surface area contributed by atoms with Crippen molar-refractivity contribution >= 4 is 24.2 Å². The van der Waals surface area contributed by atoms with Crippen LogP contribution in [-0.2, 0) is 22.5 Å². The van der Waals surface area contributed by atoms with Crippen LogP contribution in [0.15, 0.2) is 0 Å². The second kappa shape index (κ2) is 8.37. The Morgan fingerprint density at radius 3 is 2.77 bits per heavy atom. The van der Waals surface area contributed by atoms with Crippen molar-refractivity contribution in [3.05, 3.63) is 17.0 Å². The number of ether oxygens (including phenoxy) is 1. The predicted molar refractivity (Wildman–Crippen MR) is 97.3 cm³/mol. The average molecular weight is 384 g/mol. The third kappa shape index (κ3) is 3.58. The molecule has 8 nitrogen and oxygen atoms in total. The van der Waals surface area contributed by atoms with Crippen LogP contribution < -0.4 is 5.32 Å². The molecule has 2 N–H and O–H groups in total. The first-order chi connectivity index (χ1) is 12.3. The van der Waals surface area contributed by atoms with Crippen molar-refractivity contribution < 1.29 is 14.3 Å². The maximum absolute atomic E-state index is 13.2. The number of aromatic amines is 1. The fourth-order valence-corrected chi connectivity index (χ4v) is 3.96. The van der Waals surface area contributed by atoms with E-state index in [1.54, 1.807) is 4.90 Å². The molecule has 3 aliphatic rings. The molecule has 0 bridgehead atoms. The van der Waals surface area contributed by atoms with Gasteiger partial charge in [0.15, 0.2) is 5.69 Å². The number of morpholine rings is 1. The molecule has 0 spiro atoms. The summed E-state index contributed by atoms with van der Waals surface area (Å²) in [5, 5.41) is 10.6. The van der Waals surface area contributed by atoms with Gasteiger partial charge >= 0.3 is 0 Å². The van der Waals surface area contributed by atoms with Crippen LogP contribution in [0, 0.1) is 0 Å². The first-order valence-electron chi connectivity index (χ1n) is 9.20. The van der Waals surface area contributed by atoms with E-state index in [0.717, 1.165) is 43.5 Å². The molecule has 2 saturated heterocycles. The molecule has 2 fully saturated rings. The van der Waals surface area contributed by atoms with Gasteiger partial charge in [0.2, 0.25) is 5.91 Å². The van der Waals surface area contributed by atoms with Crippen molar-refractivity contribution in [1.29, 1.82) is 0 Å². The van der Waals surface area contributed by atoms with E-state index in [-0.39, 0.29) is 30.3 Å². The molecule has 1 aromatic rings. The SMILES string of the molecule is Cl.O=C(C1CCCCN1C(=O)c1n[nH]c2c1CNCC2)N1CCOCC1. The Balaban J connectivity index is 0.00000196. The zero-order chi connectivity index (χ0) is 17.2. The number of rotatable bonds is 2. The molecule has 1 aromatic heterocycles. The van der Waals surface area contributed by atoms with Gasteiger partial charge in [0, 0.05) is 50.4 Å². The van der Waals surface area contributed by atoms with Crippen molar-refractivity contribution in [2.24, 2.45) is 0 Å². The molecular formula is C17H26ClN5O3. The molecule has 2 amide bonds. The minimum Gasteiger partial charge on any atom is -0.378 e. The summed E-state index contributed by atoms with van der Waals surface area (Å²) in [7, 11) is 0. The number of fused-ring (bicyclic) bond motifs is 1. The van der Waals surface area contributed by atoms with Gasteiger partial charge in [0.25, 0.3) is 5.91 Å². The van der Waals surface area contributed by atoms with E-state index in [0.29, 0.717) is 45.1 Å². The average Bonchev–Trinajstić information content (AvgIpc) is 3.12. The molecule has 1 atom stereocenters. The maximum Gasteiger partial charge on any atom is 0.275 e. The van der Waals surface area contributed by atoms with E-state index in [9.17, 15) is 9.59 Å². The van der Waals surface area contributed by atoms with Crippen molar-refractivity contribution in [2.75, 3.05) is 39.4 Å². The fourth-order valence-electron chi connectivity index (χ4n) is 3.96. The minimum atomic E-state index is -0.372. The third-order valence-electron chi connectivity index (χ3n) is 5.38. The van der Waals surface area contributed by atoms with Crippen LogP contribution in [0.4, 0.5) is 0 Å². The van der Waals surface area contributed by atoms with Crippen LogP contribution in [0.3, 0.4) is 0 Å². The van der Waals surface area contributed by atoms with Gasteiger partial charge < -0.3 is 19.9 Å². The summed E-state index contributed by atoms with van der Waals surface area (Å²) in [6.45, 7) is 4.54. The highest BCUT2D eigenvalue weighted by atomic mass is 35.5. The first kappa shape index (κ1) is 19.1. The molecule has 0 radical (unpaired) electrons. The normalized spacial score (nSPS) is 23.2. The van der Waals surface area contributed by atoms with Gasteiger partial charge in [-0.05, 0) is 19.3 Å². The monoisotopic (exact) mass is 383 g/mol. The second-order valence-corrected chi connectivity index (χ2v) is 6.90. The highest BCUT2D eigenvalue weighted by molar-refractivity contribution is 5.97. The number of aromatic nitrogens is 2. The third-order valence-corrected chi connectivity index (χ3v) is 5.38. The number of likely N-dealkylation sites (tertiary alicyclic amines) is 1. The van der Waals surface area contributed by atoms with Crippen LogP contribution in [0.2, 0.25) is 0 Å². The Hall–Kier alpha value is -1.64. The molecule has 144 valence electrons. The second-order valence-electron chi connectivity index (χ2n) is 6.90. The molecule has 3 aliphatic heterocycles. The fraction of sp³-hybridized carbons (Fsp3) is 0.706. The Morgan fingerprint density at radius 2 is 1.96 bits per heavy atom. The van der Waals surface area contributed by atoms with E-state index in [4.69, 9.17) is 4.74 Å². The van der Waals surface area contributed by atoms with E-state index >= 15 is 0 Å². The van der Waals surface area contributed by atoms with Gasteiger partial charge in [-0.3, -0.25) is 14.7 Å². The van der Waals surface area contributed by atoms with Crippen molar-refractivity contribution in [1.82, 2.24) is 25.3 Å². The van der Waals surface area contributed by atoms with Gasteiger partial charge in [-0.2, -0.15) is 5.10 Å². The summed E-state index contributed by atoms with van der Waals surface area (Å²) >= 11 is 0. The zero-order valence-corrected chi connectivity index (χ0v) is 15.6. The largest absolute Gasteiger partial charge is 0.378 e. The number of nitrogens with one attached hydrogen (secondary N) is 2. The lowest BCUT2D eigenvalue weighted by atomic mass is 9.99. The quantitative estimate of drug-likeness (QED) is 0.768.